The summed E-state index contributed by atoms with van der Waals surface area (Å²) in [7, 11) is 0. The molecule has 0 saturated carbocycles. The van der Waals surface area contributed by atoms with Crippen LogP contribution in [0.5, 0.6) is 0 Å². The third-order valence-corrected chi connectivity index (χ3v) is 8.28. The Kier molecular flexibility index (Phi) is 6.54. The number of rotatable bonds is 5. The molecule has 0 N–H and O–H groups in total. The third kappa shape index (κ3) is 4.96. The highest BCUT2D eigenvalue weighted by molar-refractivity contribution is 5.87. The molecule has 214 valence electrons. The monoisotopic (exact) mass is 578 g/mol. The summed E-state index contributed by atoms with van der Waals surface area (Å²) in [6.45, 7) is 4.29. The number of para-hydroxylation sites is 4. The normalized spacial score (nSPS) is 11.3. The second-order valence-electron chi connectivity index (χ2n) is 11.5. The lowest BCUT2D eigenvalue weighted by Gasteiger charge is -2.13. The summed E-state index contributed by atoms with van der Waals surface area (Å²) in [5, 5.41) is 0. The van der Waals surface area contributed by atoms with Crippen molar-refractivity contribution in [3.8, 4) is 50.7 Å². The van der Waals surface area contributed by atoms with E-state index in [0.29, 0.717) is 0 Å². The molecule has 6 aromatic carbocycles. The lowest BCUT2D eigenvalue weighted by atomic mass is 9.99. The molecule has 0 atom stereocenters. The Morgan fingerprint density at radius 1 is 0.400 bits per heavy atom. The van der Waals surface area contributed by atoms with Crippen molar-refractivity contribution in [2.45, 2.75) is 13.8 Å². The van der Waals surface area contributed by atoms with E-state index in [0.717, 1.165) is 72.8 Å². The van der Waals surface area contributed by atoms with Gasteiger partial charge >= 0.3 is 0 Å². The maximum absolute atomic E-state index is 5.07. The van der Waals surface area contributed by atoms with Gasteiger partial charge in [0.2, 0.25) is 0 Å². The van der Waals surface area contributed by atoms with E-state index in [4.69, 9.17) is 15.0 Å². The molecule has 0 amide bonds. The number of benzene rings is 6. The molecule has 0 aliphatic heterocycles. The first-order chi connectivity index (χ1) is 22.1. The lowest BCUT2D eigenvalue weighted by Crippen LogP contribution is -1.99. The maximum atomic E-state index is 5.07. The van der Waals surface area contributed by atoms with Crippen LogP contribution in [0.3, 0.4) is 0 Å². The van der Waals surface area contributed by atoms with E-state index in [1.54, 1.807) is 0 Å². The van der Waals surface area contributed by atoms with Gasteiger partial charge in [0.15, 0.2) is 0 Å². The minimum atomic E-state index is 0.882. The molecule has 0 aliphatic carbocycles. The van der Waals surface area contributed by atoms with Crippen LogP contribution in [0.15, 0.2) is 146 Å². The Morgan fingerprint density at radius 2 is 0.867 bits per heavy atom. The number of nitrogens with zero attached hydrogens (tertiary/aromatic N) is 4. The van der Waals surface area contributed by atoms with Crippen molar-refractivity contribution in [3.05, 3.63) is 157 Å². The number of hydrogen-bond donors (Lipinski definition) is 0. The van der Waals surface area contributed by atoms with Crippen molar-refractivity contribution in [1.29, 1.82) is 0 Å². The summed E-state index contributed by atoms with van der Waals surface area (Å²) in [5.74, 6) is 0.936. The van der Waals surface area contributed by atoms with Crippen molar-refractivity contribution >= 4 is 22.1 Å². The maximum Gasteiger partial charge on any atom is 0.145 e. The zero-order chi connectivity index (χ0) is 30.3. The quantitative estimate of drug-likeness (QED) is 0.204. The van der Waals surface area contributed by atoms with Gasteiger partial charge in [0.1, 0.15) is 5.82 Å². The molecule has 0 fully saturated rings. The second kappa shape index (κ2) is 11.0. The predicted octanol–water partition coefficient (Wildman–Crippen LogP) is 10.3. The number of imidazole rings is 1. The molecule has 4 nitrogen and oxygen atoms in total. The van der Waals surface area contributed by atoms with Crippen molar-refractivity contribution in [1.82, 2.24) is 19.5 Å². The van der Waals surface area contributed by atoms with Gasteiger partial charge in [0.05, 0.1) is 33.5 Å². The first-order valence-corrected chi connectivity index (χ1v) is 15.2. The van der Waals surface area contributed by atoms with Gasteiger partial charge in [0.25, 0.3) is 0 Å². The molecule has 0 bridgehead atoms. The van der Waals surface area contributed by atoms with Gasteiger partial charge in [-0.3, -0.25) is 4.57 Å². The Labute approximate surface area is 262 Å². The standard InChI is InChI=1S/C41H30N4/c1-27-24-28(2)26-34(25-27)45-38-15-9-8-14-37(38)44-41(45)33-22-18-30(19-23-33)29-16-20-32(21-17-29)40-39(31-10-4-3-5-11-31)42-35-12-6-7-13-36(35)43-40/h3-26H,1-2H3. The van der Waals surface area contributed by atoms with E-state index >= 15 is 0 Å². The fourth-order valence-corrected chi connectivity index (χ4v) is 6.19. The largest absolute Gasteiger partial charge is 0.292 e. The molecule has 2 heterocycles. The third-order valence-electron chi connectivity index (χ3n) is 8.28. The van der Waals surface area contributed by atoms with Crippen molar-refractivity contribution < 1.29 is 0 Å². The first kappa shape index (κ1) is 26.7. The van der Waals surface area contributed by atoms with Crippen LogP contribution >= 0.6 is 0 Å². The Hall–Kier alpha value is -5.87. The van der Waals surface area contributed by atoms with Gasteiger partial charge in [-0.2, -0.15) is 0 Å². The van der Waals surface area contributed by atoms with Crippen LogP contribution in [0, 0.1) is 13.8 Å². The highest BCUT2D eigenvalue weighted by Crippen LogP contribution is 2.34. The summed E-state index contributed by atoms with van der Waals surface area (Å²) in [6.07, 6.45) is 0. The summed E-state index contributed by atoms with van der Waals surface area (Å²) in [4.78, 5) is 15.2. The van der Waals surface area contributed by atoms with Gasteiger partial charge in [-0.1, -0.05) is 109 Å². The van der Waals surface area contributed by atoms with Crippen molar-refractivity contribution in [2.75, 3.05) is 0 Å². The minimum absolute atomic E-state index is 0.882. The van der Waals surface area contributed by atoms with Gasteiger partial charge in [-0.25, -0.2) is 15.0 Å². The Morgan fingerprint density at radius 3 is 1.47 bits per heavy atom. The Balaban J connectivity index is 1.16. The van der Waals surface area contributed by atoms with Crippen LogP contribution in [0.4, 0.5) is 0 Å². The second-order valence-corrected chi connectivity index (χ2v) is 11.5. The molecular weight excluding hydrogens is 548 g/mol. The molecule has 8 rings (SSSR count). The molecule has 4 heteroatoms. The van der Waals surface area contributed by atoms with Crippen LogP contribution in [0.25, 0.3) is 72.8 Å². The van der Waals surface area contributed by atoms with Crippen LogP contribution in [0.2, 0.25) is 0 Å². The summed E-state index contributed by atoms with van der Waals surface area (Å²) >= 11 is 0. The van der Waals surface area contributed by atoms with E-state index in [9.17, 15) is 0 Å². The SMILES string of the molecule is Cc1cc(C)cc(-n2c(-c3ccc(-c4ccc(-c5nc6ccccc6nc5-c5ccccc5)cc4)cc3)nc3ccccc32)c1. The van der Waals surface area contributed by atoms with Gasteiger partial charge in [-0.05, 0) is 72.5 Å². The molecular formula is C41H30N4. The molecule has 0 spiro atoms. The van der Waals surface area contributed by atoms with Gasteiger partial charge in [0, 0.05) is 22.4 Å². The smallest absolute Gasteiger partial charge is 0.145 e. The van der Waals surface area contributed by atoms with Crippen LogP contribution in [0.1, 0.15) is 11.1 Å². The fourth-order valence-electron chi connectivity index (χ4n) is 6.19. The van der Waals surface area contributed by atoms with Gasteiger partial charge < -0.3 is 0 Å². The molecule has 45 heavy (non-hydrogen) atoms. The van der Waals surface area contributed by atoms with Crippen LogP contribution in [-0.2, 0) is 0 Å². The predicted molar refractivity (Wildman–Crippen MR) is 185 cm³/mol. The van der Waals surface area contributed by atoms with Crippen LogP contribution < -0.4 is 0 Å². The average Bonchev–Trinajstić information content (AvgIpc) is 3.48. The summed E-state index contributed by atoms with van der Waals surface area (Å²) in [6, 6.07) is 50.7. The highest BCUT2D eigenvalue weighted by Gasteiger charge is 2.16. The van der Waals surface area contributed by atoms with Crippen molar-refractivity contribution in [3.63, 3.8) is 0 Å². The lowest BCUT2D eigenvalue weighted by molar-refractivity contribution is 1.09. The molecule has 2 aromatic heterocycles. The van der Waals surface area contributed by atoms with E-state index in [1.807, 2.05) is 48.5 Å². The van der Waals surface area contributed by atoms with E-state index in [1.165, 1.54) is 11.1 Å². The molecule has 0 unspecified atom stereocenters. The number of fused-ring (bicyclic) bond motifs is 2. The van der Waals surface area contributed by atoms with E-state index < -0.39 is 0 Å². The van der Waals surface area contributed by atoms with E-state index in [2.05, 4.69) is 115 Å². The summed E-state index contributed by atoms with van der Waals surface area (Å²) in [5.41, 5.74) is 14.7. The summed E-state index contributed by atoms with van der Waals surface area (Å²) < 4.78 is 2.27. The highest BCUT2D eigenvalue weighted by atomic mass is 15.1. The van der Waals surface area contributed by atoms with E-state index in [-0.39, 0.29) is 0 Å². The molecule has 0 saturated heterocycles. The van der Waals surface area contributed by atoms with Gasteiger partial charge in [-0.15, -0.1) is 0 Å². The zero-order valence-electron chi connectivity index (χ0n) is 25.1. The zero-order valence-corrected chi connectivity index (χ0v) is 25.1. The molecule has 0 aliphatic rings. The molecule has 0 radical (unpaired) electrons. The number of aromatic nitrogens is 4. The topological polar surface area (TPSA) is 43.6 Å². The Bertz CT molecular complexity index is 2300. The molecule has 8 aromatic rings. The fraction of sp³-hybridized carbons (Fsp3) is 0.0488. The minimum Gasteiger partial charge on any atom is -0.292 e. The van der Waals surface area contributed by atoms with Crippen molar-refractivity contribution in [2.24, 2.45) is 0 Å². The average molecular weight is 579 g/mol. The van der Waals surface area contributed by atoms with Crippen LogP contribution in [-0.4, -0.2) is 19.5 Å². The number of hydrogen-bond acceptors (Lipinski definition) is 3. The number of aryl methyl sites for hydroxylation is 2. The first-order valence-electron chi connectivity index (χ1n) is 15.2.